The summed E-state index contributed by atoms with van der Waals surface area (Å²) in [5, 5.41) is 6.94. The zero-order valence-corrected chi connectivity index (χ0v) is 11.4. The summed E-state index contributed by atoms with van der Waals surface area (Å²) in [5.41, 5.74) is 1.43. The molecule has 4 heteroatoms. The van der Waals surface area contributed by atoms with Gasteiger partial charge in [0.2, 0.25) is 5.91 Å². The molecule has 0 saturated heterocycles. The summed E-state index contributed by atoms with van der Waals surface area (Å²) in [6, 6.07) is 0. The summed E-state index contributed by atoms with van der Waals surface area (Å²) in [6.45, 7) is 11.6. The molecule has 1 N–H and O–H groups in total. The molecule has 0 radical (unpaired) electrons. The molecule has 0 atom stereocenters. The second-order valence-electron chi connectivity index (χ2n) is 3.98. The van der Waals surface area contributed by atoms with Gasteiger partial charge in [-0.15, -0.1) is 0 Å². The lowest BCUT2D eigenvalue weighted by Gasteiger charge is -2.23. The molecule has 0 fully saturated rings. The van der Waals surface area contributed by atoms with Crippen LogP contribution < -0.4 is 5.32 Å². The molecule has 0 aliphatic carbocycles. The van der Waals surface area contributed by atoms with Gasteiger partial charge in [0.25, 0.3) is 0 Å². The molecule has 0 unspecified atom stereocenters. The average molecular weight is 225 g/mol. The third-order valence-corrected chi connectivity index (χ3v) is 2.50. The van der Waals surface area contributed by atoms with Crippen LogP contribution >= 0.6 is 0 Å². The molecule has 1 rings (SSSR count). The van der Waals surface area contributed by atoms with Gasteiger partial charge in [-0.05, 0) is 33.3 Å². The Morgan fingerprint density at radius 3 is 2.19 bits per heavy atom. The second kappa shape index (κ2) is 5.68. The lowest BCUT2D eigenvalue weighted by molar-refractivity contribution is -0.128. The maximum absolute atomic E-state index is 11.6. The van der Waals surface area contributed by atoms with E-state index in [2.05, 4.69) is 10.4 Å². The van der Waals surface area contributed by atoms with Crippen LogP contribution in [0.2, 0.25) is 0 Å². The smallest absolute Gasteiger partial charge is 0.247 e. The Kier molecular flexibility index (Phi) is 5.21. The lowest BCUT2D eigenvalue weighted by atomic mass is 10.1. The monoisotopic (exact) mass is 225 g/mol. The van der Waals surface area contributed by atoms with E-state index in [1.165, 1.54) is 0 Å². The van der Waals surface area contributed by atoms with E-state index in [4.69, 9.17) is 0 Å². The van der Waals surface area contributed by atoms with Crippen LogP contribution in [0.25, 0.3) is 0 Å². The van der Waals surface area contributed by atoms with Gasteiger partial charge in [0.1, 0.15) is 5.54 Å². The zero-order chi connectivity index (χ0) is 12.9. The van der Waals surface area contributed by atoms with Crippen molar-refractivity contribution in [2.75, 3.05) is 7.05 Å². The standard InChI is InChI=1S/C10H17N3O.C2H6/c1-7-6-13(12-8(7)2)10(3,4)9(14)11-5;1-2/h6H,1-5H3,(H,11,14);1-2H3. The average Bonchev–Trinajstić information content (AvgIpc) is 2.61. The summed E-state index contributed by atoms with van der Waals surface area (Å²) >= 11 is 0. The number of hydrogen-bond acceptors (Lipinski definition) is 2. The maximum Gasteiger partial charge on any atom is 0.247 e. The van der Waals surface area contributed by atoms with Crippen molar-refractivity contribution < 1.29 is 4.79 Å². The number of rotatable bonds is 2. The van der Waals surface area contributed by atoms with E-state index in [0.717, 1.165) is 11.3 Å². The van der Waals surface area contributed by atoms with Crippen LogP contribution in [0, 0.1) is 13.8 Å². The first-order valence-electron chi connectivity index (χ1n) is 5.65. The van der Waals surface area contributed by atoms with Crippen molar-refractivity contribution in [1.29, 1.82) is 0 Å². The van der Waals surface area contributed by atoms with Crippen molar-refractivity contribution in [1.82, 2.24) is 15.1 Å². The van der Waals surface area contributed by atoms with E-state index in [-0.39, 0.29) is 5.91 Å². The summed E-state index contributed by atoms with van der Waals surface area (Å²) in [7, 11) is 1.63. The zero-order valence-electron chi connectivity index (χ0n) is 11.4. The fraction of sp³-hybridized carbons (Fsp3) is 0.667. The van der Waals surface area contributed by atoms with E-state index in [1.807, 2.05) is 47.7 Å². The molecule has 0 aliphatic heterocycles. The molecule has 16 heavy (non-hydrogen) atoms. The number of nitrogens with one attached hydrogen (secondary N) is 1. The highest BCUT2D eigenvalue weighted by molar-refractivity contribution is 5.83. The molecule has 1 amide bonds. The van der Waals surface area contributed by atoms with Crippen molar-refractivity contribution in [3.05, 3.63) is 17.5 Å². The fourth-order valence-electron chi connectivity index (χ4n) is 1.24. The van der Waals surface area contributed by atoms with Gasteiger partial charge in [-0.2, -0.15) is 5.10 Å². The first-order chi connectivity index (χ1) is 7.39. The Morgan fingerprint density at radius 1 is 1.38 bits per heavy atom. The van der Waals surface area contributed by atoms with Gasteiger partial charge in [-0.3, -0.25) is 9.48 Å². The van der Waals surface area contributed by atoms with Gasteiger partial charge < -0.3 is 5.32 Å². The summed E-state index contributed by atoms with van der Waals surface area (Å²) in [5.74, 6) is -0.0417. The molecular formula is C12H23N3O. The summed E-state index contributed by atoms with van der Waals surface area (Å²) < 4.78 is 1.70. The Bertz CT molecular complexity index is 334. The van der Waals surface area contributed by atoms with Crippen LogP contribution in [0.5, 0.6) is 0 Å². The normalized spacial score (nSPS) is 10.4. The van der Waals surface area contributed by atoms with Gasteiger partial charge >= 0.3 is 0 Å². The van der Waals surface area contributed by atoms with Crippen LogP contribution in [0.4, 0.5) is 0 Å². The van der Waals surface area contributed by atoms with E-state index < -0.39 is 5.54 Å². The topological polar surface area (TPSA) is 46.9 Å². The number of carbonyl (C=O) groups excluding carboxylic acids is 1. The van der Waals surface area contributed by atoms with Crippen LogP contribution in [0.1, 0.15) is 39.0 Å². The number of aromatic nitrogens is 2. The second-order valence-corrected chi connectivity index (χ2v) is 3.98. The predicted octanol–water partition coefficient (Wildman–Crippen LogP) is 2.01. The largest absolute Gasteiger partial charge is 0.357 e. The Hall–Kier alpha value is -1.32. The number of nitrogens with zero attached hydrogens (tertiary/aromatic N) is 2. The molecule has 0 bridgehead atoms. The minimum absolute atomic E-state index is 0.0417. The van der Waals surface area contributed by atoms with Crippen LogP contribution in [-0.2, 0) is 10.3 Å². The highest BCUT2D eigenvalue weighted by Gasteiger charge is 2.29. The number of likely N-dealkylation sites (N-methyl/N-ethyl adjacent to an activating group) is 1. The van der Waals surface area contributed by atoms with Gasteiger partial charge in [0.15, 0.2) is 0 Å². The molecule has 1 heterocycles. The quantitative estimate of drug-likeness (QED) is 0.837. The number of carbonyl (C=O) groups is 1. The van der Waals surface area contributed by atoms with E-state index in [0.29, 0.717) is 0 Å². The van der Waals surface area contributed by atoms with E-state index in [1.54, 1.807) is 11.7 Å². The SMILES string of the molecule is CC.CNC(=O)C(C)(C)n1cc(C)c(C)n1. The number of aryl methyl sites for hydroxylation is 2. The van der Waals surface area contributed by atoms with Gasteiger partial charge in [0, 0.05) is 13.2 Å². The molecule has 0 aromatic carbocycles. The Morgan fingerprint density at radius 2 is 1.88 bits per heavy atom. The fourth-order valence-corrected chi connectivity index (χ4v) is 1.24. The third-order valence-electron chi connectivity index (χ3n) is 2.50. The highest BCUT2D eigenvalue weighted by Crippen LogP contribution is 2.16. The molecule has 4 nitrogen and oxygen atoms in total. The van der Waals surface area contributed by atoms with Gasteiger partial charge in [-0.1, -0.05) is 13.8 Å². The summed E-state index contributed by atoms with van der Waals surface area (Å²) in [4.78, 5) is 11.6. The first-order valence-corrected chi connectivity index (χ1v) is 5.65. The van der Waals surface area contributed by atoms with Crippen LogP contribution in [0.3, 0.4) is 0 Å². The Labute approximate surface area is 98.0 Å². The predicted molar refractivity (Wildman–Crippen MR) is 66.4 cm³/mol. The van der Waals surface area contributed by atoms with Crippen molar-refractivity contribution in [2.45, 2.75) is 47.1 Å². The lowest BCUT2D eigenvalue weighted by Crippen LogP contribution is -2.43. The van der Waals surface area contributed by atoms with Crippen molar-refractivity contribution in [2.24, 2.45) is 0 Å². The first kappa shape index (κ1) is 14.7. The van der Waals surface area contributed by atoms with Crippen LogP contribution in [-0.4, -0.2) is 22.7 Å². The molecule has 1 aromatic rings. The molecule has 0 spiro atoms. The number of amides is 1. The van der Waals surface area contributed by atoms with E-state index in [9.17, 15) is 4.79 Å². The Balaban J connectivity index is 0.00000106. The molecule has 92 valence electrons. The number of hydrogen-bond donors (Lipinski definition) is 1. The molecular weight excluding hydrogens is 202 g/mol. The molecule has 0 saturated carbocycles. The van der Waals surface area contributed by atoms with E-state index >= 15 is 0 Å². The molecule has 1 aromatic heterocycles. The van der Waals surface area contributed by atoms with Gasteiger partial charge in [-0.25, -0.2) is 0 Å². The molecule has 0 aliphatic rings. The van der Waals surface area contributed by atoms with Crippen molar-refractivity contribution in [3.63, 3.8) is 0 Å². The third kappa shape index (κ3) is 2.84. The maximum atomic E-state index is 11.6. The van der Waals surface area contributed by atoms with Gasteiger partial charge in [0.05, 0.1) is 5.69 Å². The summed E-state index contributed by atoms with van der Waals surface area (Å²) in [6.07, 6.45) is 1.89. The highest BCUT2D eigenvalue weighted by atomic mass is 16.2. The minimum Gasteiger partial charge on any atom is -0.357 e. The van der Waals surface area contributed by atoms with Crippen molar-refractivity contribution in [3.8, 4) is 0 Å². The van der Waals surface area contributed by atoms with Crippen molar-refractivity contribution >= 4 is 5.91 Å². The van der Waals surface area contributed by atoms with Crippen LogP contribution in [0.15, 0.2) is 6.20 Å². The minimum atomic E-state index is -0.631.